The first-order valence-corrected chi connectivity index (χ1v) is 9.22. The molecule has 2 rings (SSSR count). The van der Waals surface area contributed by atoms with E-state index in [4.69, 9.17) is 0 Å². The van der Waals surface area contributed by atoms with Crippen molar-refractivity contribution in [1.29, 1.82) is 0 Å². The molecule has 0 fully saturated rings. The summed E-state index contributed by atoms with van der Waals surface area (Å²) in [5.74, 6) is -0.250. The number of nitrogens with zero attached hydrogens (tertiary/aromatic N) is 1. The number of hydrazone groups is 1. The fourth-order valence-corrected chi connectivity index (χ4v) is 4.60. The lowest BCUT2D eigenvalue weighted by Gasteiger charge is -2.07. The average Bonchev–Trinajstić information content (AvgIpc) is 2.47. The van der Waals surface area contributed by atoms with Crippen LogP contribution in [0.3, 0.4) is 0 Å². The van der Waals surface area contributed by atoms with Gasteiger partial charge in [-0.25, -0.2) is 5.43 Å². The Labute approximate surface area is 164 Å². The van der Waals surface area contributed by atoms with Crippen molar-refractivity contribution in [2.45, 2.75) is 0 Å². The van der Waals surface area contributed by atoms with E-state index in [-0.39, 0.29) is 5.91 Å². The molecule has 7 heteroatoms. The van der Waals surface area contributed by atoms with Crippen LogP contribution in [-0.2, 0) is 0 Å². The Kier molecular flexibility index (Phi) is 6.63. The van der Waals surface area contributed by atoms with E-state index in [1.165, 1.54) is 0 Å². The van der Waals surface area contributed by atoms with Gasteiger partial charge in [-0.3, -0.25) is 4.79 Å². The van der Waals surface area contributed by atoms with Crippen LogP contribution in [0.2, 0.25) is 0 Å². The minimum Gasteiger partial charge on any atom is -0.386 e. The monoisotopic (exact) mass is 583 g/mol. The van der Waals surface area contributed by atoms with Crippen molar-refractivity contribution in [3.8, 4) is 0 Å². The molecule has 2 aromatic rings. The molecule has 0 radical (unpaired) electrons. The summed E-state index contributed by atoms with van der Waals surface area (Å²) in [4.78, 5) is 12.0. The zero-order valence-corrected chi connectivity index (χ0v) is 17.4. The summed E-state index contributed by atoms with van der Waals surface area (Å²) >= 11 is 7.88. The summed E-state index contributed by atoms with van der Waals surface area (Å²) in [6.07, 6.45) is 1.64. The number of amides is 1. The highest BCUT2D eigenvalue weighted by Crippen LogP contribution is 2.25. The van der Waals surface area contributed by atoms with Gasteiger partial charge in [0.25, 0.3) is 5.91 Å². The van der Waals surface area contributed by atoms with E-state index in [1.54, 1.807) is 12.3 Å². The summed E-state index contributed by atoms with van der Waals surface area (Å²) in [5.41, 5.74) is 5.11. The molecule has 2 aromatic carbocycles. The Bertz CT molecular complexity index is 711. The molecule has 0 aliphatic heterocycles. The Morgan fingerprint density at radius 2 is 1.86 bits per heavy atom. The molecule has 0 unspecified atom stereocenters. The Balaban J connectivity index is 2.10. The van der Waals surface area contributed by atoms with E-state index in [0.29, 0.717) is 5.56 Å². The molecular formula is C15H12BrI2N3O. The number of rotatable bonds is 4. The molecule has 0 aliphatic rings. The lowest BCUT2D eigenvalue weighted by Crippen LogP contribution is -2.18. The van der Waals surface area contributed by atoms with E-state index in [0.717, 1.165) is 22.9 Å². The van der Waals surface area contributed by atoms with Crippen molar-refractivity contribution in [3.05, 3.63) is 59.1 Å². The van der Waals surface area contributed by atoms with Gasteiger partial charge in [-0.2, -0.15) is 5.10 Å². The first-order chi connectivity index (χ1) is 10.5. The molecule has 22 heavy (non-hydrogen) atoms. The van der Waals surface area contributed by atoms with Crippen LogP contribution in [0.4, 0.5) is 5.69 Å². The molecule has 0 atom stereocenters. The fourth-order valence-electron chi connectivity index (χ4n) is 1.78. The van der Waals surface area contributed by atoms with Gasteiger partial charge in [0.2, 0.25) is 0 Å². The number of anilines is 1. The highest BCUT2D eigenvalue weighted by molar-refractivity contribution is 14.1. The third kappa shape index (κ3) is 4.42. The van der Waals surface area contributed by atoms with E-state index < -0.39 is 0 Å². The minimum atomic E-state index is -0.250. The molecule has 0 aromatic heterocycles. The van der Waals surface area contributed by atoms with E-state index in [1.807, 2.05) is 37.4 Å². The summed E-state index contributed by atoms with van der Waals surface area (Å²) in [7, 11) is 1.89. The molecule has 114 valence electrons. The fraction of sp³-hybridized carbons (Fsp3) is 0.0667. The molecule has 2 N–H and O–H groups in total. The summed E-state index contributed by atoms with van der Waals surface area (Å²) in [6, 6.07) is 11.2. The van der Waals surface area contributed by atoms with Crippen LogP contribution >= 0.6 is 61.1 Å². The van der Waals surface area contributed by atoms with Crippen LogP contribution in [0.1, 0.15) is 15.9 Å². The molecule has 1 amide bonds. The molecule has 0 aliphatic carbocycles. The zero-order valence-electron chi connectivity index (χ0n) is 11.5. The minimum absolute atomic E-state index is 0.250. The summed E-state index contributed by atoms with van der Waals surface area (Å²) in [6.45, 7) is 0. The van der Waals surface area contributed by atoms with Gasteiger partial charge in [0.15, 0.2) is 0 Å². The zero-order chi connectivity index (χ0) is 16.1. The largest absolute Gasteiger partial charge is 0.386 e. The highest BCUT2D eigenvalue weighted by atomic mass is 127. The van der Waals surface area contributed by atoms with Gasteiger partial charge in [0, 0.05) is 18.7 Å². The maximum absolute atomic E-state index is 12.0. The van der Waals surface area contributed by atoms with Gasteiger partial charge in [0.1, 0.15) is 0 Å². The first-order valence-electron chi connectivity index (χ1n) is 6.27. The van der Waals surface area contributed by atoms with Crippen LogP contribution in [0.15, 0.2) is 46.0 Å². The molecule has 0 spiro atoms. The topological polar surface area (TPSA) is 53.5 Å². The van der Waals surface area contributed by atoms with Crippen molar-refractivity contribution in [2.75, 3.05) is 12.4 Å². The first kappa shape index (κ1) is 17.7. The van der Waals surface area contributed by atoms with Crippen molar-refractivity contribution < 1.29 is 4.79 Å². The van der Waals surface area contributed by atoms with Crippen LogP contribution in [0.25, 0.3) is 0 Å². The Morgan fingerprint density at radius 1 is 1.23 bits per heavy atom. The lowest BCUT2D eigenvalue weighted by atomic mass is 10.2. The van der Waals surface area contributed by atoms with E-state index in [9.17, 15) is 4.79 Å². The SMILES string of the molecule is CNc1c(I)cc(/C=N\NC(=O)c2ccccc2Br)cc1I. The maximum Gasteiger partial charge on any atom is 0.272 e. The summed E-state index contributed by atoms with van der Waals surface area (Å²) in [5, 5.41) is 7.18. The van der Waals surface area contributed by atoms with Gasteiger partial charge >= 0.3 is 0 Å². The third-order valence-corrected chi connectivity index (χ3v) is 5.21. The number of nitrogens with one attached hydrogen (secondary N) is 2. The van der Waals surface area contributed by atoms with Crippen LogP contribution < -0.4 is 10.7 Å². The lowest BCUT2D eigenvalue weighted by molar-refractivity contribution is 0.0954. The van der Waals surface area contributed by atoms with Crippen molar-refractivity contribution >= 4 is 78.9 Å². The maximum atomic E-state index is 12.0. The molecule has 4 nitrogen and oxygen atoms in total. The molecular weight excluding hydrogens is 572 g/mol. The highest BCUT2D eigenvalue weighted by Gasteiger charge is 2.08. The summed E-state index contributed by atoms with van der Waals surface area (Å²) < 4.78 is 2.95. The number of hydrogen-bond donors (Lipinski definition) is 2. The average molecular weight is 584 g/mol. The van der Waals surface area contributed by atoms with Gasteiger partial charge in [-0.1, -0.05) is 12.1 Å². The van der Waals surface area contributed by atoms with Gasteiger partial charge in [-0.05, 0) is 90.9 Å². The number of carbonyl (C=O) groups excluding carboxylic acids is 1. The predicted molar refractivity (Wildman–Crippen MR) is 111 cm³/mol. The number of carbonyl (C=O) groups is 1. The van der Waals surface area contributed by atoms with Crippen molar-refractivity contribution in [2.24, 2.45) is 5.10 Å². The standard InChI is InChI=1S/C15H12BrI2N3O/c1-19-14-12(17)6-9(7-13(14)18)8-20-21-15(22)10-4-2-3-5-11(10)16/h2-8,19H,1H3,(H,21,22)/b20-8-. The molecule has 0 bridgehead atoms. The second-order valence-corrected chi connectivity index (χ2v) is 7.47. The second kappa shape index (κ2) is 8.25. The quantitative estimate of drug-likeness (QED) is 0.317. The van der Waals surface area contributed by atoms with Gasteiger partial charge in [0.05, 0.1) is 17.5 Å². The number of halogens is 3. The van der Waals surface area contributed by atoms with Crippen molar-refractivity contribution in [1.82, 2.24) is 5.43 Å². The normalized spacial score (nSPS) is 10.7. The van der Waals surface area contributed by atoms with Crippen LogP contribution in [-0.4, -0.2) is 19.2 Å². The third-order valence-electron chi connectivity index (χ3n) is 2.81. The van der Waals surface area contributed by atoms with Crippen LogP contribution in [0.5, 0.6) is 0 Å². The van der Waals surface area contributed by atoms with E-state index >= 15 is 0 Å². The number of benzene rings is 2. The van der Waals surface area contributed by atoms with Gasteiger partial charge in [-0.15, -0.1) is 0 Å². The molecule has 0 saturated heterocycles. The Morgan fingerprint density at radius 3 is 2.45 bits per heavy atom. The second-order valence-electron chi connectivity index (χ2n) is 4.29. The molecule has 0 heterocycles. The Hall–Kier alpha value is -0.680. The number of hydrogen-bond acceptors (Lipinski definition) is 3. The van der Waals surface area contributed by atoms with Crippen LogP contribution in [0, 0.1) is 7.14 Å². The smallest absolute Gasteiger partial charge is 0.272 e. The molecule has 0 saturated carbocycles. The van der Waals surface area contributed by atoms with Crippen molar-refractivity contribution in [3.63, 3.8) is 0 Å². The predicted octanol–water partition coefficient (Wildman–Crippen LogP) is 4.46. The van der Waals surface area contributed by atoms with E-state index in [2.05, 4.69) is 77.0 Å². The van der Waals surface area contributed by atoms with Gasteiger partial charge < -0.3 is 5.32 Å².